The van der Waals surface area contributed by atoms with E-state index in [1.165, 1.54) is 22.5 Å². The average Bonchev–Trinajstić information content (AvgIpc) is 2.82. The van der Waals surface area contributed by atoms with Crippen LogP contribution in [0.25, 0.3) is 0 Å². The zero-order valence-electron chi connectivity index (χ0n) is 9.54. The first-order valence-corrected chi connectivity index (χ1v) is 7.37. The highest BCUT2D eigenvalue weighted by molar-refractivity contribution is 7.89. The summed E-state index contributed by atoms with van der Waals surface area (Å²) < 4.78 is 25.9. The Labute approximate surface area is 111 Å². The van der Waals surface area contributed by atoms with Crippen molar-refractivity contribution in [3.05, 3.63) is 23.8 Å². The van der Waals surface area contributed by atoms with Gasteiger partial charge in [0.05, 0.1) is 10.5 Å². The van der Waals surface area contributed by atoms with Crippen molar-refractivity contribution >= 4 is 28.6 Å². The zero-order valence-corrected chi connectivity index (χ0v) is 11.2. The van der Waals surface area contributed by atoms with Crippen LogP contribution in [0.15, 0.2) is 28.0 Å². The van der Waals surface area contributed by atoms with Gasteiger partial charge in [-0.3, -0.25) is 0 Å². The quantitative estimate of drug-likeness (QED) is 0.825. The van der Waals surface area contributed by atoms with E-state index in [1.54, 1.807) is 0 Å². The first-order chi connectivity index (χ1) is 8.41. The second-order valence-corrected chi connectivity index (χ2v) is 6.59. The number of nitrogens with zero attached hydrogens (tertiary/aromatic N) is 1. The van der Waals surface area contributed by atoms with Gasteiger partial charge < -0.3 is 5.11 Å². The molecule has 5 nitrogen and oxygen atoms in total. The van der Waals surface area contributed by atoms with Crippen molar-refractivity contribution in [1.82, 2.24) is 4.31 Å². The number of aromatic carboxylic acids is 1. The van der Waals surface area contributed by atoms with E-state index in [2.05, 4.69) is 12.6 Å². The predicted molar refractivity (Wildman–Crippen MR) is 68.6 cm³/mol. The summed E-state index contributed by atoms with van der Waals surface area (Å²) in [5.41, 5.74) is -0.0692. The number of rotatable bonds is 3. The Morgan fingerprint density at radius 1 is 1.22 bits per heavy atom. The van der Waals surface area contributed by atoms with Crippen LogP contribution in [0.3, 0.4) is 0 Å². The lowest BCUT2D eigenvalue weighted by Crippen LogP contribution is -2.28. The SMILES string of the molecule is O=C(O)c1cc(S)cc(S(=O)(=O)N2CCCC2)c1. The molecule has 1 heterocycles. The molecular formula is C11H13NO4S2. The Bertz CT molecular complexity index is 577. The van der Waals surface area contributed by atoms with Crippen molar-refractivity contribution in [2.45, 2.75) is 22.6 Å². The molecule has 98 valence electrons. The highest BCUT2D eigenvalue weighted by Crippen LogP contribution is 2.24. The topological polar surface area (TPSA) is 74.7 Å². The lowest BCUT2D eigenvalue weighted by molar-refractivity contribution is 0.0696. The van der Waals surface area contributed by atoms with E-state index in [4.69, 9.17) is 5.11 Å². The summed E-state index contributed by atoms with van der Waals surface area (Å²) in [6, 6.07) is 3.88. The maximum absolute atomic E-state index is 12.3. The molecule has 0 bridgehead atoms. The van der Waals surface area contributed by atoms with Crippen molar-refractivity contribution in [2.24, 2.45) is 0 Å². The summed E-state index contributed by atoms with van der Waals surface area (Å²) in [6.07, 6.45) is 1.68. The van der Waals surface area contributed by atoms with Crippen LogP contribution in [0.4, 0.5) is 0 Å². The molecule has 1 aromatic carbocycles. The van der Waals surface area contributed by atoms with Gasteiger partial charge in [-0.2, -0.15) is 4.31 Å². The zero-order chi connectivity index (χ0) is 13.3. The standard InChI is InChI=1S/C11H13NO4S2/c13-11(14)8-5-9(17)7-10(6-8)18(15,16)12-3-1-2-4-12/h5-7,17H,1-4H2,(H,13,14). The minimum Gasteiger partial charge on any atom is -0.478 e. The van der Waals surface area contributed by atoms with Gasteiger partial charge in [-0.25, -0.2) is 13.2 Å². The van der Waals surface area contributed by atoms with Crippen LogP contribution in [0, 0.1) is 0 Å². The number of hydrogen-bond donors (Lipinski definition) is 2. The Morgan fingerprint density at radius 3 is 2.39 bits per heavy atom. The Kier molecular flexibility index (Phi) is 3.65. The fraction of sp³-hybridized carbons (Fsp3) is 0.364. The number of carboxylic acids is 1. The molecule has 1 aromatic rings. The molecule has 18 heavy (non-hydrogen) atoms. The smallest absolute Gasteiger partial charge is 0.335 e. The Hall–Kier alpha value is -1.05. The number of carbonyl (C=O) groups is 1. The van der Waals surface area contributed by atoms with E-state index in [9.17, 15) is 13.2 Å². The van der Waals surface area contributed by atoms with Gasteiger partial charge in [0.1, 0.15) is 0 Å². The van der Waals surface area contributed by atoms with Gasteiger partial charge >= 0.3 is 5.97 Å². The molecule has 2 rings (SSSR count). The summed E-state index contributed by atoms with van der Waals surface area (Å²) in [5.74, 6) is -1.16. The van der Waals surface area contributed by atoms with E-state index >= 15 is 0 Å². The molecule has 1 N–H and O–H groups in total. The molecule has 1 saturated heterocycles. The van der Waals surface area contributed by atoms with Crippen LogP contribution in [-0.2, 0) is 10.0 Å². The third kappa shape index (κ3) is 2.52. The molecule has 7 heteroatoms. The monoisotopic (exact) mass is 287 g/mol. The Morgan fingerprint density at radius 2 is 1.83 bits per heavy atom. The van der Waals surface area contributed by atoms with E-state index in [0.29, 0.717) is 18.0 Å². The van der Waals surface area contributed by atoms with E-state index in [1.807, 2.05) is 0 Å². The normalized spacial score (nSPS) is 16.9. The van der Waals surface area contributed by atoms with Crippen LogP contribution in [0.1, 0.15) is 23.2 Å². The van der Waals surface area contributed by atoms with E-state index < -0.39 is 16.0 Å². The second-order valence-electron chi connectivity index (χ2n) is 4.13. The largest absolute Gasteiger partial charge is 0.478 e. The third-order valence-corrected chi connectivity index (χ3v) is 4.98. The van der Waals surface area contributed by atoms with Gasteiger partial charge in [-0.1, -0.05) is 0 Å². The van der Waals surface area contributed by atoms with Gasteiger partial charge in [-0.15, -0.1) is 12.6 Å². The highest BCUT2D eigenvalue weighted by Gasteiger charge is 2.28. The van der Waals surface area contributed by atoms with E-state index in [-0.39, 0.29) is 10.5 Å². The fourth-order valence-electron chi connectivity index (χ4n) is 1.93. The number of hydrogen-bond acceptors (Lipinski definition) is 4. The second kappa shape index (κ2) is 4.91. The molecule has 0 unspecified atom stereocenters. The van der Waals surface area contributed by atoms with Gasteiger partial charge in [0, 0.05) is 18.0 Å². The number of carboxylic acid groups (broad SMARTS) is 1. The van der Waals surface area contributed by atoms with Crippen molar-refractivity contribution in [2.75, 3.05) is 13.1 Å². The summed E-state index contributed by atoms with van der Waals surface area (Å²) in [5, 5.41) is 8.92. The Balaban J connectivity index is 2.47. The minimum atomic E-state index is -3.60. The molecule has 0 aromatic heterocycles. The fourth-order valence-corrected chi connectivity index (χ4v) is 3.89. The summed E-state index contributed by atoms with van der Waals surface area (Å²) in [7, 11) is -3.60. The molecule has 0 amide bonds. The van der Waals surface area contributed by atoms with Crippen molar-refractivity contribution in [1.29, 1.82) is 0 Å². The number of benzene rings is 1. The van der Waals surface area contributed by atoms with Gasteiger partial charge in [0.15, 0.2) is 0 Å². The third-order valence-electron chi connectivity index (χ3n) is 2.84. The molecular weight excluding hydrogens is 274 g/mol. The van der Waals surface area contributed by atoms with Crippen LogP contribution in [0.5, 0.6) is 0 Å². The molecule has 0 aliphatic carbocycles. The lowest BCUT2D eigenvalue weighted by Gasteiger charge is -2.16. The molecule has 0 spiro atoms. The maximum Gasteiger partial charge on any atom is 0.335 e. The van der Waals surface area contributed by atoms with Gasteiger partial charge in [0.2, 0.25) is 10.0 Å². The highest BCUT2D eigenvalue weighted by atomic mass is 32.2. The molecule has 0 saturated carbocycles. The van der Waals surface area contributed by atoms with Gasteiger partial charge in [0.25, 0.3) is 0 Å². The van der Waals surface area contributed by atoms with Crippen LogP contribution in [-0.4, -0.2) is 36.9 Å². The molecule has 1 aliphatic heterocycles. The van der Waals surface area contributed by atoms with Crippen LogP contribution in [0.2, 0.25) is 0 Å². The first-order valence-electron chi connectivity index (χ1n) is 5.49. The van der Waals surface area contributed by atoms with Crippen molar-refractivity contribution in [3.63, 3.8) is 0 Å². The van der Waals surface area contributed by atoms with Crippen LogP contribution >= 0.6 is 12.6 Å². The first kappa shape index (κ1) is 13.4. The molecule has 1 aliphatic rings. The maximum atomic E-state index is 12.3. The molecule has 0 radical (unpaired) electrons. The molecule has 1 fully saturated rings. The number of sulfonamides is 1. The average molecular weight is 287 g/mol. The summed E-state index contributed by atoms with van der Waals surface area (Å²) in [6.45, 7) is 0.975. The lowest BCUT2D eigenvalue weighted by atomic mass is 10.2. The van der Waals surface area contributed by atoms with Crippen LogP contribution < -0.4 is 0 Å². The van der Waals surface area contributed by atoms with Crippen molar-refractivity contribution in [3.8, 4) is 0 Å². The number of thiol groups is 1. The predicted octanol–water partition coefficient (Wildman–Crippen LogP) is 1.46. The summed E-state index contributed by atoms with van der Waals surface area (Å²) >= 11 is 4.05. The molecule has 0 atom stereocenters. The minimum absolute atomic E-state index is 0.00528. The van der Waals surface area contributed by atoms with Gasteiger partial charge in [-0.05, 0) is 31.0 Å². The summed E-state index contributed by atoms with van der Waals surface area (Å²) in [4.78, 5) is 11.2. The van der Waals surface area contributed by atoms with E-state index in [0.717, 1.165) is 12.8 Å². The van der Waals surface area contributed by atoms with Crippen molar-refractivity contribution < 1.29 is 18.3 Å².